The summed E-state index contributed by atoms with van der Waals surface area (Å²) in [7, 11) is 1.38. The Morgan fingerprint density at radius 2 is 1.35 bits per heavy atom. The summed E-state index contributed by atoms with van der Waals surface area (Å²) in [6.45, 7) is 0. The normalized spacial score (nSPS) is 9.94. The van der Waals surface area contributed by atoms with Crippen molar-refractivity contribution in [3.8, 4) is 0 Å². The summed E-state index contributed by atoms with van der Waals surface area (Å²) < 4.78 is 0. The first-order chi connectivity index (χ1) is 7.88. The third-order valence-corrected chi connectivity index (χ3v) is 2.01. The van der Waals surface area contributed by atoms with E-state index in [1.807, 2.05) is 0 Å². The van der Waals surface area contributed by atoms with Gasteiger partial charge in [0.05, 0.1) is 21.8 Å². The molecule has 0 saturated heterocycles. The van der Waals surface area contributed by atoms with Gasteiger partial charge in [0.1, 0.15) is 12.1 Å². The summed E-state index contributed by atoms with van der Waals surface area (Å²) in [6.07, 6.45) is 0. The first kappa shape index (κ1) is 12.4. The second kappa shape index (κ2) is 4.49. The number of non-ortho nitro benzene ring substituents is 1. The molecule has 1 aromatic rings. The molecular formula is C7H7N4O6+. The molecule has 0 aliphatic heterocycles. The summed E-state index contributed by atoms with van der Waals surface area (Å²) in [5.41, 5.74) is -2.25. The average molecular weight is 243 g/mol. The van der Waals surface area contributed by atoms with Crippen LogP contribution in [0.1, 0.15) is 0 Å². The van der Waals surface area contributed by atoms with Crippen LogP contribution in [-0.4, -0.2) is 21.8 Å². The SMILES string of the molecule is C[NH2+]c1c([N+](=O)[O-])cc([N+](=O)[O-])cc1[N+](=O)[O-]. The Kier molecular flexibility index (Phi) is 3.29. The summed E-state index contributed by atoms with van der Waals surface area (Å²) in [5.74, 6) is 0. The van der Waals surface area contributed by atoms with Crippen molar-refractivity contribution in [3.63, 3.8) is 0 Å². The van der Waals surface area contributed by atoms with E-state index in [1.165, 1.54) is 12.4 Å². The summed E-state index contributed by atoms with van der Waals surface area (Å²) >= 11 is 0. The van der Waals surface area contributed by atoms with Gasteiger partial charge in [0, 0.05) is 0 Å². The van der Waals surface area contributed by atoms with Crippen LogP contribution in [0.3, 0.4) is 0 Å². The highest BCUT2D eigenvalue weighted by molar-refractivity contribution is 5.69. The van der Waals surface area contributed by atoms with E-state index < -0.39 is 31.8 Å². The minimum atomic E-state index is -0.917. The van der Waals surface area contributed by atoms with Crippen LogP contribution in [0.25, 0.3) is 0 Å². The molecule has 0 spiro atoms. The van der Waals surface area contributed by atoms with E-state index in [2.05, 4.69) is 0 Å². The molecule has 0 heterocycles. The summed E-state index contributed by atoms with van der Waals surface area (Å²) in [4.78, 5) is 29.1. The highest BCUT2D eigenvalue weighted by atomic mass is 16.6. The Bertz CT molecular complexity index is 478. The highest BCUT2D eigenvalue weighted by Gasteiger charge is 2.32. The number of benzene rings is 1. The minimum Gasteiger partial charge on any atom is -0.304 e. The van der Waals surface area contributed by atoms with E-state index in [4.69, 9.17) is 0 Å². The molecule has 0 saturated carbocycles. The lowest BCUT2D eigenvalue weighted by molar-refractivity contribution is -0.553. The Morgan fingerprint density at radius 3 is 1.59 bits per heavy atom. The molecule has 0 fully saturated rings. The van der Waals surface area contributed by atoms with Crippen molar-refractivity contribution in [2.24, 2.45) is 0 Å². The molecule has 2 N–H and O–H groups in total. The number of nitrogens with zero attached hydrogens (tertiary/aromatic N) is 3. The van der Waals surface area contributed by atoms with Gasteiger partial charge in [0.25, 0.3) is 11.4 Å². The van der Waals surface area contributed by atoms with E-state index in [1.54, 1.807) is 0 Å². The maximum Gasteiger partial charge on any atom is 0.343 e. The van der Waals surface area contributed by atoms with Crippen LogP contribution < -0.4 is 5.32 Å². The Labute approximate surface area is 93.3 Å². The number of quaternary nitrogens is 1. The van der Waals surface area contributed by atoms with Crippen LogP contribution in [0, 0.1) is 30.3 Å². The predicted octanol–water partition coefficient (Wildman–Crippen LogP) is 0.236. The molecule has 0 bridgehead atoms. The van der Waals surface area contributed by atoms with E-state index in [0.717, 1.165) is 0 Å². The van der Waals surface area contributed by atoms with E-state index >= 15 is 0 Å². The standard InChI is InChI=1S/C7H6N4O6/c1-8-7-5(10(14)15)2-4(9(12)13)3-6(7)11(16)17/h2-3,8H,1H3/p+1. The van der Waals surface area contributed by atoms with Crippen LogP contribution in [0.2, 0.25) is 0 Å². The third kappa shape index (κ3) is 2.31. The lowest BCUT2D eigenvalue weighted by Gasteiger charge is -1.99. The first-order valence-corrected chi connectivity index (χ1v) is 4.29. The smallest absolute Gasteiger partial charge is 0.304 e. The highest BCUT2D eigenvalue weighted by Crippen LogP contribution is 2.34. The van der Waals surface area contributed by atoms with Crippen molar-refractivity contribution in [3.05, 3.63) is 42.5 Å². The molecule has 0 atom stereocenters. The molecule has 0 amide bonds. The number of nitrogens with two attached hydrogens (primary N) is 1. The molecule has 0 aliphatic carbocycles. The summed E-state index contributed by atoms with van der Waals surface area (Å²) in [5, 5.41) is 33.0. The van der Waals surface area contributed by atoms with Crippen molar-refractivity contribution in [1.82, 2.24) is 0 Å². The largest absolute Gasteiger partial charge is 0.343 e. The summed E-state index contributed by atoms with van der Waals surface area (Å²) in [6, 6.07) is 1.39. The Morgan fingerprint density at radius 1 is 0.941 bits per heavy atom. The maximum absolute atomic E-state index is 10.7. The van der Waals surface area contributed by atoms with Gasteiger partial charge in [0.2, 0.25) is 0 Å². The lowest BCUT2D eigenvalue weighted by Crippen LogP contribution is -2.73. The molecule has 10 heteroatoms. The van der Waals surface area contributed by atoms with Gasteiger partial charge in [-0.3, -0.25) is 30.3 Å². The molecule has 17 heavy (non-hydrogen) atoms. The topological polar surface area (TPSA) is 146 Å². The zero-order valence-electron chi connectivity index (χ0n) is 8.52. The van der Waals surface area contributed by atoms with Gasteiger partial charge in [-0.05, 0) is 0 Å². The number of hydrogen-bond acceptors (Lipinski definition) is 6. The van der Waals surface area contributed by atoms with Crippen LogP contribution in [0.5, 0.6) is 0 Å². The van der Waals surface area contributed by atoms with Crippen LogP contribution >= 0.6 is 0 Å². The molecule has 90 valence electrons. The van der Waals surface area contributed by atoms with Gasteiger partial charge in [0.15, 0.2) is 0 Å². The Hall–Kier alpha value is -2.62. The third-order valence-electron chi connectivity index (χ3n) is 2.01. The van der Waals surface area contributed by atoms with Gasteiger partial charge < -0.3 is 5.32 Å². The molecule has 0 aliphatic rings. The minimum absolute atomic E-state index is 0.245. The van der Waals surface area contributed by atoms with Gasteiger partial charge >= 0.3 is 11.4 Å². The number of hydrogen-bond donors (Lipinski definition) is 1. The lowest BCUT2D eigenvalue weighted by atomic mass is 10.2. The average Bonchev–Trinajstić information content (AvgIpc) is 2.26. The van der Waals surface area contributed by atoms with Gasteiger partial charge in [-0.15, -0.1) is 0 Å². The van der Waals surface area contributed by atoms with E-state index in [9.17, 15) is 30.3 Å². The number of nitro benzene ring substituents is 3. The molecule has 0 radical (unpaired) electrons. The molecule has 1 rings (SSSR count). The van der Waals surface area contributed by atoms with Crippen molar-refractivity contribution in [2.45, 2.75) is 0 Å². The second-order valence-corrected chi connectivity index (χ2v) is 2.96. The molecule has 0 aromatic heterocycles. The van der Waals surface area contributed by atoms with Gasteiger partial charge in [-0.25, -0.2) is 0 Å². The fourth-order valence-corrected chi connectivity index (χ4v) is 1.31. The fraction of sp³-hybridized carbons (Fsp3) is 0.143. The number of rotatable bonds is 4. The van der Waals surface area contributed by atoms with Crippen molar-refractivity contribution in [1.29, 1.82) is 0 Å². The van der Waals surface area contributed by atoms with E-state index in [0.29, 0.717) is 12.1 Å². The molecule has 10 nitrogen and oxygen atoms in total. The van der Waals surface area contributed by atoms with Crippen molar-refractivity contribution < 1.29 is 20.1 Å². The molecule has 1 aromatic carbocycles. The molecular weight excluding hydrogens is 236 g/mol. The van der Waals surface area contributed by atoms with Crippen LogP contribution in [-0.2, 0) is 0 Å². The predicted molar refractivity (Wildman–Crippen MR) is 53.9 cm³/mol. The van der Waals surface area contributed by atoms with Gasteiger partial charge in [-0.2, -0.15) is 0 Å². The molecule has 0 unspecified atom stereocenters. The number of nitro groups is 3. The monoisotopic (exact) mass is 243 g/mol. The maximum atomic E-state index is 10.7. The zero-order chi connectivity index (χ0) is 13.2. The van der Waals surface area contributed by atoms with Crippen LogP contribution in [0.15, 0.2) is 12.1 Å². The second-order valence-electron chi connectivity index (χ2n) is 2.96. The van der Waals surface area contributed by atoms with Crippen LogP contribution in [0.4, 0.5) is 22.7 Å². The fourth-order valence-electron chi connectivity index (χ4n) is 1.31. The zero-order valence-corrected chi connectivity index (χ0v) is 8.52. The van der Waals surface area contributed by atoms with Gasteiger partial charge in [-0.1, -0.05) is 0 Å². The Balaban J connectivity index is 3.63. The first-order valence-electron chi connectivity index (χ1n) is 4.29. The van der Waals surface area contributed by atoms with Crippen molar-refractivity contribution in [2.75, 3.05) is 7.05 Å². The van der Waals surface area contributed by atoms with Crippen molar-refractivity contribution >= 4 is 22.7 Å². The quantitative estimate of drug-likeness (QED) is 0.455. The van der Waals surface area contributed by atoms with E-state index in [-0.39, 0.29) is 5.69 Å².